The molecule has 3 aromatic rings. The number of rotatable bonds is 4. The lowest BCUT2D eigenvalue weighted by Gasteiger charge is -2.08. The Morgan fingerprint density at radius 3 is 2.31 bits per heavy atom. The summed E-state index contributed by atoms with van der Waals surface area (Å²) < 4.78 is 56.2. The summed E-state index contributed by atoms with van der Waals surface area (Å²) in [6, 6.07) is 9.18. The number of nitrogens with two attached hydrogens (primary N) is 1. The maximum absolute atomic E-state index is 13.8. The predicted octanol–water partition coefficient (Wildman–Crippen LogP) is 4.29. The average Bonchev–Trinajstić information content (AvgIpc) is 3.01. The van der Waals surface area contributed by atoms with Crippen LogP contribution in [0.3, 0.4) is 0 Å². The van der Waals surface area contributed by atoms with E-state index in [1.807, 2.05) is 0 Å². The lowest BCUT2D eigenvalue weighted by Crippen LogP contribution is -2.20. The molecule has 136 valence electrons. The molecule has 0 aliphatic rings. The first-order valence-corrected chi connectivity index (χ1v) is 9.39. The summed E-state index contributed by atoms with van der Waals surface area (Å²) in [4.78, 5) is 4.20. The van der Waals surface area contributed by atoms with Crippen LogP contribution < -0.4 is 5.14 Å². The van der Waals surface area contributed by atoms with Crippen molar-refractivity contribution in [2.24, 2.45) is 5.14 Å². The summed E-state index contributed by atoms with van der Waals surface area (Å²) in [5, 5.41) is 3.94. The van der Waals surface area contributed by atoms with E-state index in [0.717, 1.165) is 6.07 Å². The maximum Gasteiger partial charge on any atom is 0.227 e. The molecule has 0 saturated carbocycles. The highest BCUT2D eigenvalue weighted by molar-refractivity contribution is 7.89. The molecule has 0 aliphatic heterocycles. The van der Waals surface area contributed by atoms with Gasteiger partial charge in [0.15, 0.2) is 5.76 Å². The molecule has 26 heavy (non-hydrogen) atoms. The monoisotopic (exact) mass is 398 g/mol. The first-order chi connectivity index (χ1) is 12.2. The average molecular weight is 399 g/mol. The van der Waals surface area contributed by atoms with Crippen LogP contribution in [0.4, 0.5) is 8.78 Å². The van der Waals surface area contributed by atoms with E-state index < -0.39 is 26.9 Å². The van der Waals surface area contributed by atoms with Crippen LogP contribution in [0.2, 0.25) is 5.02 Å². The van der Waals surface area contributed by atoms with E-state index in [1.165, 1.54) is 43.3 Å². The molecule has 0 bridgehead atoms. The number of halogens is 3. The van der Waals surface area contributed by atoms with Crippen LogP contribution in [-0.2, 0) is 10.0 Å². The van der Waals surface area contributed by atoms with Crippen LogP contribution in [-0.4, -0.2) is 13.4 Å². The molecule has 0 saturated heterocycles. The Balaban J connectivity index is 2.20. The molecule has 2 N–H and O–H groups in total. The Morgan fingerprint density at radius 1 is 1.12 bits per heavy atom. The van der Waals surface area contributed by atoms with Crippen LogP contribution in [0, 0.1) is 11.6 Å². The third-order valence-corrected chi connectivity index (χ3v) is 5.32. The normalized spacial score (nSPS) is 13.0. The molecule has 1 unspecified atom stereocenters. The first-order valence-electron chi connectivity index (χ1n) is 7.40. The van der Waals surface area contributed by atoms with Gasteiger partial charge in [-0.15, -0.1) is 0 Å². The van der Waals surface area contributed by atoms with Gasteiger partial charge in [-0.1, -0.05) is 11.6 Å². The number of oxazole rings is 1. The SMILES string of the molecule is CC(c1nc(-c2ccc(F)cc2)oc1-c1ccc(Cl)c(F)c1)S(N)(=O)=O. The minimum atomic E-state index is -3.98. The van der Waals surface area contributed by atoms with Gasteiger partial charge in [0.05, 0.1) is 5.02 Å². The van der Waals surface area contributed by atoms with Crippen molar-refractivity contribution in [1.29, 1.82) is 0 Å². The van der Waals surface area contributed by atoms with Crippen LogP contribution >= 0.6 is 11.6 Å². The molecule has 0 spiro atoms. The van der Waals surface area contributed by atoms with E-state index >= 15 is 0 Å². The van der Waals surface area contributed by atoms with Crippen molar-refractivity contribution in [2.45, 2.75) is 12.2 Å². The van der Waals surface area contributed by atoms with Crippen molar-refractivity contribution in [2.75, 3.05) is 0 Å². The van der Waals surface area contributed by atoms with Gasteiger partial charge >= 0.3 is 0 Å². The van der Waals surface area contributed by atoms with E-state index in [1.54, 1.807) is 0 Å². The lowest BCUT2D eigenvalue weighted by atomic mass is 10.1. The van der Waals surface area contributed by atoms with E-state index in [-0.39, 0.29) is 27.9 Å². The zero-order chi connectivity index (χ0) is 19.1. The second kappa shape index (κ2) is 6.79. The van der Waals surface area contributed by atoms with Gasteiger partial charge in [-0.3, -0.25) is 0 Å². The third-order valence-electron chi connectivity index (χ3n) is 3.80. The number of sulfonamides is 1. The van der Waals surface area contributed by atoms with Crippen molar-refractivity contribution in [1.82, 2.24) is 4.98 Å². The van der Waals surface area contributed by atoms with E-state index in [0.29, 0.717) is 5.56 Å². The summed E-state index contributed by atoms with van der Waals surface area (Å²) >= 11 is 5.69. The number of aromatic nitrogens is 1. The quantitative estimate of drug-likeness (QED) is 0.710. The summed E-state index contributed by atoms with van der Waals surface area (Å²) in [6.07, 6.45) is 0. The highest BCUT2D eigenvalue weighted by Gasteiger charge is 2.28. The molecule has 0 radical (unpaired) electrons. The summed E-state index contributed by atoms with van der Waals surface area (Å²) in [7, 11) is -3.98. The Hall–Kier alpha value is -2.29. The zero-order valence-electron chi connectivity index (χ0n) is 13.4. The molecule has 1 aromatic heterocycles. The molecule has 0 aliphatic carbocycles. The summed E-state index contributed by atoms with van der Waals surface area (Å²) in [5.74, 6) is -1.04. The highest BCUT2D eigenvalue weighted by atomic mass is 35.5. The van der Waals surface area contributed by atoms with Crippen molar-refractivity contribution < 1.29 is 21.6 Å². The topological polar surface area (TPSA) is 86.2 Å². The molecular formula is C17H13ClF2N2O3S. The minimum Gasteiger partial charge on any atom is -0.436 e. The van der Waals surface area contributed by atoms with Gasteiger partial charge in [-0.2, -0.15) is 0 Å². The molecule has 9 heteroatoms. The fourth-order valence-corrected chi connectivity index (χ4v) is 2.91. The Bertz CT molecular complexity index is 1070. The number of primary sulfonamides is 1. The molecule has 0 amide bonds. The van der Waals surface area contributed by atoms with Crippen LogP contribution in [0.25, 0.3) is 22.8 Å². The highest BCUT2D eigenvalue weighted by Crippen LogP contribution is 2.36. The van der Waals surface area contributed by atoms with E-state index in [2.05, 4.69) is 4.98 Å². The zero-order valence-corrected chi connectivity index (χ0v) is 15.0. The molecule has 3 rings (SSSR count). The molecule has 2 aromatic carbocycles. The smallest absolute Gasteiger partial charge is 0.227 e. The fourth-order valence-electron chi connectivity index (χ4n) is 2.32. The summed E-state index contributed by atoms with van der Waals surface area (Å²) in [6.45, 7) is 1.34. The largest absolute Gasteiger partial charge is 0.436 e. The molecular weight excluding hydrogens is 386 g/mol. The van der Waals surface area contributed by atoms with Crippen LogP contribution in [0.5, 0.6) is 0 Å². The molecule has 0 fully saturated rings. The number of hydrogen-bond acceptors (Lipinski definition) is 4. The van der Waals surface area contributed by atoms with Crippen molar-refractivity contribution >= 4 is 21.6 Å². The lowest BCUT2D eigenvalue weighted by molar-refractivity contribution is 0.578. The molecule has 1 atom stereocenters. The van der Waals surface area contributed by atoms with E-state index in [9.17, 15) is 17.2 Å². The standard InChI is InChI=1S/C17H13ClF2N2O3S/c1-9(26(21,23)24)15-16(11-4-7-13(18)14(20)8-11)25-17(22-15)10-2-5-12(19)6-3-10/h2-9H,1H3,(H2,21,23,24). The molecule has 5 nitrogen and oxygen atoms in total. The van der Waals surface area contributed by atoms with Gasteiger partial charge in [-0.25, -0.2) is 27.3 Å². The number of hydrogen-bond donors (Lipinski definition) is 1. The third kappa shape index (κ3) is 3.62. The van der Waals surface area contributed by atoms with Crippen molar-refractivity contribution in [3.8, 4) is 22.8 Å². The van der Waals surface area contributed by atoms with Gasteiger partial charge in [0, 0.05) is 11.1 Å². The van der Waals surface area contributed by atoms with Crippen molar-refractivity contribution in [3.05, 3.63) is 64.8 Å². The fraction of sp³-hybridized carbons (Fsp3) is 0.118. The first kappa shape index (κ1) is 18.5. The van der Waals surface area contributed by atoms with Crippen molar-refractivity contribution in [3.63, 3.8) is 0 Å². The van der Waals surface area contributed by atoms with Crippen LogP contribution in [0.15, 0.2) is 46.9 Å². The molecule has 1 heterocycles. The predicted molar refractivity (Wildman–Crippen MR) is 93.8 cm³/mol. The maximum atomic E-state index is 13.8. The van der Waals surface area contributed by atoms with Gasteiger partial charge in [0.25, 0.3) is 0 Å². The van der Waals surface area contributed by atoms with Gasteiger partial charge in [0.1, 0.15) is 22.6 Å². The Labute approximate surface area is 153 Å². The Morgan fingerprint density at radius 2 is 1.73 bits per heavy atom. The van der Waals surface area contributed by atoms with Gasteiger partial charge in [-0.05, 0) is 49.4 Å². The van der Waals surface area contributed by atoms with Gasteiger partial charge in [0.2, 0.25) is 15.9 Å². The second-order valence-corrected chi connectivity index (χ2v) is 7.89. The minimum absolute atomic E-state index is 0.0218. The van der Waals surface area contributed by atoms with E-state index in [4.69, 9.17) is 21.2 Å². The second-order valence-electron chi connectivity index (χ2n) is 5.60. The van der Waals surface area contributed by atoms with Gasteiger partial charge < -0.3 is 4.42 Å². The number of nitrogens with zero attached hydrogens (tertiary/aromatic N) is 1. The summed E-state index contributed by atoms with van der Waals surface area (Å²) in [5.41, 5.74) is 0.696. The number of benzene rings is 2. The Kier molecular flexibility index (Phi) is 4.83. The van der Waals surface area contributed by atoms with Crippen LogP contribution in [0.1, 0.15) is 17.9 Å².